The van der Waals surface area contributed by atoms with Crippen LogP contribution in [-0.4, -0.2) is 51.2 Å². The quantitative estimate of drug-likeness (QED) is 0.695. The fraction of sp³-hybridized carbons (Fsp3) is 0.467. The molecule has 1 aromatic carbocycles. The number of carbonyl (C=O) groups is 2. The van der Waals surface area contributed by atoms with E-state index in [0.717, 1.165) is 13.5 Å². The summed E-state index contributed by atoms with van der Waals surface area (Å²) in [6.07, 6.45) is 0.000574. The van der Waals surface area contributed by atoms with Gasteiger partial charge in [0.1, 0.15) is 6.04 Å². The molecule has 2 unspecified atom stereocenters. The Morgan fingerprint density at radius 3 is 2.42 bits per heavy atom. The Labute approximate surface area is 140 Å². The standard InChI is InChI=1S/C15H20N2O6S/c1-10(18)14(15(20)23-2)16-24(21,22)12-7-5-11(6-8-12)17-9-3-4-13(17)19/h5-8,10,14,16,18H,3-4,9H2,1-2H3. The monoisotopic (exact) mass is 356 g/mol. The zero-order chi connectivity index (χ0) is 17.9. The molecule has 0 aromatic heterocycles. The maximum Gasteiger partial charge on any atom is 0.326 e. The first kappa shape index (κ1) is 18.4. The molecule has 132 valence electrons. The summed E-state index contributed by atoms with van der Waals surface area (Å²) in [7, 11) is -2.92. The predicted molar refractivity (Wildman–Crippen MR) is 85.8 cm³/mol. The second-order valence-electron chi connectivity index (χ2n) is 5.51. The number of nitrogens with zero attached hydrogens (tertiary/aromatic N) is 1. The number of aliphatic hydroxyl groups is 1. The number of hydrogen-bond acceptors (Lipinski definition) is 6. The van der Waals surface area contributed by atoms with Gasteiger partial charge in [0, 0.05) is 18.7 Å². The number of hydrogen-bond donors (Lipinski definition) is 2. The van der Waals surface area contributed by atoms with Crippen molar-refractivity contribution >= 4 is 27.6 Å². The van der Waals surface area contributed by atoms with Crippen LogP contribution in [-0.2, 0) is 24.3 Å². The van der Waals surface area contributed by atoms with E-state index in [9.17, 15) is 23.1 Å². The Kier molecular flexibility index (Phi) is 5.58. The lowest BCUT2D eigenvalue weighted by Gasteiger charge is -2.19. The Morgan fingerprint density at radius 1 is 1.33 bits per heavy atom. The molecule has 1 aromatic rings. The van der Waals surface area contributed by atoms with Gasteiger partial charge in [-0.3, -0.25) is 9.59 Å². The minimum absolute atomic E-state index is 0.00333. The molecule has 1 fully saturated rings. The molecule has 24 heavy (non-hydrogen) atoms. The van der Waals surface area contributed by atoms with Crippen LogP contribution in [0.1, 0.15) is 19.8 Å². The molecule has 1 amide bonds. The Bertz CT molecular complexity index is 714. The summed E-state index contributed by atoms with van der Waals surface area (Å²) < 4.78 is 31.3. The lowest BCUT2D eigenvalue weighted by atomic mass is 10.2. The molecular formula is C15H20N2O6S. The number of sulfonamides is 1. The van der Waals surface area contributed by atoms with Gasteiger partial charge in [0.05, 0.1) is 18.1 Å². The van der Waals surface area contributed by atoms with Crippen LogP contribution >= 0.6 is 0 Å². The summed E-state index contributed by atoms with van der Waals surface area (Å²) in [6.45, 7) is 1.89. The fourth-order valence-electron chi connectivity index (χ4n) is 2.43. The minimum atomic E-state index is -4.03. The second-order valence-corrected chi connectivity index (χ2v) is 7.22. The van der Waals surface area contributed by atoms with Crippen LogP contribution in [0.3, 0.4) is 0 Å². The zero-order valence-electron chi connectivity index (χ0n) is 13.4. The molecule has 0 radical (unpaired) electrons. The molecule has 0 bridgehead atoms. The van der Waals surface area contributed by atoms with Gasteiger partial charge in [-0.2, -0.15) is 4.72 Å². The van der Waals surface area contributed by atoms with Crippen molar-refractivity contribution in [3.63, 3.8) is 0 Å². The molecule has 9 heteroatoms. The van der Waals surface area contributed by atoms with Crippen molar-refractivity contribution in [1.82, 2.24) is 4.72 Å². The normalized spacial score (nSPS) is 17.6. The van der Waals surface area contributed by atoms with E-state index in [2.05, 4.69) is 9.46 Å². The molecular weight excluding hydrogens is 336 g/mol. The average molecular weight is 356 g/mol. The van der Waals surface area contributed by atoms with Crippen molar-refractivity contribution in [3.8, 4) is 0 Å². The highest BCUT2D eigenvalue weighted by Crippen LogP contribution is 2.23. The molecule has 2 atom stereocenters. The third kappa shape index (κ3) is 3.92. The first-order valence-corrected chi connectivity index (χ1v) is 8.93. The topological polar surface area (TPSA) is 113 Å². The van der Waals surface area contributed by atoms with Crippen molar-refractivity contribution in [2.45, 2.75) is 36.8 Å². The van der Waals surface area contributed by atoms with Gasteiger partial charge >= 0.3 is 5.97 Å². The van der Waals surface area contributed by atoms with Gasteiger partial charge in [0.2, 0.25) is 15.9 Å². The molecule has 1 aliphatic heterocycles. The van der Waals surface area contributed by atoms with Crippen molar-refractivity contribution in [1.29, 1.82) is 0 Å². The average Bonchev–Trinajstić information content (AvgIpc) is 2.98. The number of nitrogens with one attached hydrogen (secondary N) is 1. The molecule has 0 aliphatic carbocycles. The van der Waals surface area contributed by atoms with Gasteiger partial charge in [0.25, 0.3) is 0 Å². The smallest absolute Gasteiger partial charge is 0.326 e. The number of carbonyl (C=O) groups excluding carboxylic acids is 2. The molecule has 1 heterocycles. The fourth-order valence-corrected chi connectivity index (χ4v) is 3.69. The highest BCUT2D eigenvalue weighted by atomic mass is 32.2. The third-order valence-corrected chi connectivity index (χ3v) is 5.21. The number of aliphatic hydroxyl groups excluding tert-OH is 1. The van der Waals surface area contributed by atoms with E-state index < -0.39 is 28.1 Å². The Hall–Kier alpha value is -1.97. The predicted octanol–water partition coefficient (Wildman–Crippen LogP) is 0.0141. The largest absolute Gasteiger partial charge is 0.468 e. The van der Waals surface area contributed by atoms with E-state index in [1.807, 2.05) is 0 Å². The highest BCUT2D eigenvalue weighted by molar-refractivity contribution is 7.89. The summed E-state index contributed by atoms with van der Waals surface area (Å²) in [6, 6.07) is 4.36. The van der Waals surface area contributed by atoms with Crippen molar-refractivity contribution in [2.75, 3.05) is 18.6 Å². The molecule has 8 nitrogen and oxygen atoms in total. The molecule has 2 rings (SSSR count). The number of rotatable bonds is 6. The number of ether oxygens (including phenoxy) is 1. The number of benzene rings is 1. The maximum atomic E-state index is 12.4. The summed E-state index contributed by atoms with van der Waals surface area (Å²) in [5, 5.41) is 9.57. The zero-order valence-corrected chi connectivity index (χ0v) is 14.2. The summed E-state index contributed by atoms with van der Waals surface area (Å²) in [4.78, 5) is 24.8. The van der Waals surface area contributed by atoms with Gasteiger partial charge in [-0.15, -0.1) is 0 Å². The van der Waals surface area contributed by atoms with Crippen LogP contribution in [0.2, 0.25) is 0 Å². The van der Waals surface area contributed by atoms with Gasteiger partial charge < -0.3 is 14.7 Å². The van der Waals surface area contributed by atoms with Gasteiger partial charge in [-0.1, -0.05) is 0 Å². The Morgan fingerprint density at radius 2 is 1.96 bits per heavy atom. The third-order valence-electron chi connectivity index (χ3n) is 3.75. The number of esters is 1. The second kappa shape index (κ2) is 7.29. The van der Waals surface area contributed by atoms with E-state index in [0.29, 0.717) is 18.7 Å². The lowest BCUT2D eigenvalue weighted by molar-refractivity contribution is -0.145. The van der Waals surface area contributed by atoms with E-state index in [-0.39, 0.29) is 10.8 Å². The van der Waals surface area contributed by atoms with Gasteiger partial charge in [0.15, 0.2) is 0 Å². The van der Waals surface area contributed by atoms with Gasteiger partial charge in [-0.05, 0) is 37.6 Å². The summed E-state index contributed by atoms with van der Waals surface area (Å²) >= 11 is 0. The molecule has 1 aliphatic rings. The van der Waals surface area contributed by atoms with Crippen molar-refractivity contribution < 1.29 is 27.9 Å². The van der Waals surface area contributed by atoms with Crippen LogP contribution in [0.25, 0.3) is 0 Å². The van der Waals surface area contributed by atoms with E-state index in [1.165, 1.54) is 31.2 Å². The maximum absolute atomic E-state index is 12.4. The van der Waals surface area contributed by atoms with Crippen molar-refractivity contribution in [3.05, 3.63) is 24.3 Å². The minimum Gasteiger partial charge on any atom is -0.468 e. The highest BCUT2D eigenvalue weighted by Gasteiger charge is 2.30. The van der Waals surface area contributed by atoms with Crippen LogP contribution in [0, 0.1) is 0 Å². The van der Waals surface area contributed by atoms with Crippen molar-refractivity contribution in [2.24, 2.45) is 0 Å². The first-order chi connectivity index (χ1) is 11.3. The Balaban J connectivity index is 2.20. The van der Waals surface area contributed by atoms with E-state index in [4.69, 9.17) is 0 Å². The summed E-state index contributed by atoms with van der Waals surface area (Å²) in [5.74, 6) is -0.878. The van der Waals surface area contributed by atoms with Crippen LogP contribution in [0.15, 0.2) is 29.2 Å². The molecule has 2 N–H and O–H groups in total. The number of anilines is 1. The number of amides is 1. The van der Waals surface area contributed by atoms with Crippen LogP contribution in [0.4, 0.5) is 5.69 Å². The van der Waals surface area contributed by atoms with Crippen LogP contribution in [0.5, 0.6) is 0 Å². The van der Waals surface area contributed by atoms with E-state index in [1.54, 1.807) is 4.90 Å². The van der Waals surface area contributed by atoms with Gasteiger partial charge in [-0.25, -0.2) is 8.42 Å². The molecule has 0 spiro atoms. The first-order valence-electron chi connectivity index (χ1n) is 7.45. The SMILES string of the molecule is COC(=O)C(NS(=O)(=O)c1ccc(N2CCCC2=O)cc1)C(C)O. The molecule has 1 saturated heterocycles. The lowest BCUT2D eigenvalue weighted by Crippen LogP contribution is -2.48. The number of methoxy groups -OCH3 is 1. The van der Waals surface area contributed by atoms with Crippen LogP contribution < -0.4 is 9.62 Å². The summed E-state index contributed by atoms with van der Waals surface area (Å²) in [5.41, 5.74) is 0.622. The van der Waals surface area contributed by atoms with E-state index >= 15 is 0 Å². The molecule has 0 saturated carbocycles.